The molecule has 202 valence electrons. The maximum Gasteiger partial charge on any atom is 0.166 e. The molecule has 3 aliphatic heterocycles. The topological polar surface area (TPSA) is 46.9 Å². The number of fused-ring (bicyclic) bond motifs is 4. The van der Waals surface area contributed by atoms with Gasteiger partial charge in [-0.2, -0.15) is 0 Å². The molecule has 1 saturated heterocycles. The number of methoxy groups -OCH3 is 1. The van der Waals surface area contributed by atoms with Crippen LogP contribution in [0.5, 0.6) is 11.5 Å². The molecule has 40 heavy (non-hydrogen) atoms. The molecule has 5 aliphatic rings. The van der Waals surface area contributed by atoms with Gasteiger partial charge in [0.15, 0.2) is 17.6 Å². The van der Waals surface area contributed by atoms with Crippen LogP contribution in [0, 0.1) is 0 Å². The number of hydrogen-bond donors (Lipinski definition) is 1. The van der Waals surface area contributed by atoms with Crippen LogP contribution in [0.1, 0.15) is 52.5 Å². The molecule has 5 nitrogen and oxygen atoms in total. The summed E-state index contributed by atoms with van der Waals surface area (Å²) in [5.74, 6) is 1.65. The summed E-state index contributed by atoms with van der Waals surface area (Å²) in [5.41, 5.74) is 7.71. The van der Waals surface area contributed by atoms with Gasteiger partial charge >= 0.3 is 0 Å². The predicted molar refractivity (Wildman–Crippen MR) is 156 cm³/mol. The molecule has 9 rings (SSSR count). The van der Waals surface area contributed by atoms with E-state index in [2.05, 4.69) is 82.3 Å². The van der Waals surface area contributed by atoms with Gasteiger partial charge in [-0.05, 0) is 54.0 Å². The third kappa shape index (κ3) is 2.70. The van der Waals surface area contributed by atoms with Crippen LogP contribution in [-0.2, 0) is 31.2 Å². The Hall–Kier alpha value is -3.54. The second-order valence-corrected chi connectivity index (χ2v) is 12.4. The average Bonchev–Trinajstić information content (AvgIpc) is 3.48. The minimum Gasteiger partial charge on any atom is -0.493 e. The summed E-state index contributed by atoms with van der Waals surface area (Å²) in [6, 6.07) is 21.6. The van der Waals surface area contributed by atoms with Gasteiger partial charge in [-0.15, -0.1) is 0 Å². The molecular weight excluding hydrogens is 496 g/mol. The standard InChI is InChI=1S/C35H34N2O3/c1-39-27-15-14-24-20-28-35(38)21-26-25-13-5-11-23-12-7-18-37(30(23)25)31(26)33-34(35,29(24)32(27)40-33)16-19-36(28)17-6-10-22-8-3-2-4-9-22/h2-6,8-11,13-15,28,33,38H,7,12,16-21H2,1H3/b10-6+/t28-,33+,34+,35-/m1/s1. The Morgan fingerprint density at radius 1 is 1.05 bits per heavy atom. The maximum atomic E-state index is 13.2. The summed E-state index contributed by atoms with van der Waals surface area (Å²) in [7, 11) is 1.73. The zero-order valence-electron chi connectivity index (χ0n) is 22.9. The fraction of sp³-hybridized carbons (Fsp3) is 0.371. The second kappa shape index (κ2) is 8.02. The highest BCUT2D eigenvalue weighted by Crippen LogP contribution is 2.69. The first-order valence-corrected chi connectivity index (χ1v) is 14.8. The Morgan fingerprint density at radius 3 is 2.83 bits per heavy atom. The minimum absolute atomic E-state index is 0.0134. The number of para-hydroxylation sites is 1. The summed E-state index contributed by atoms with van der Waals surface area (Å²) in [6.07, 6.45) is 8.86. The Balaban J connectivity index is 1.24. The third-order valence-corrected chi connectivity index (χ3v) is 10.8. The number of piperidine rings is 1. The van der Waals surface area contributed by atoms with Crippen molar-refractivity contribution in [2.45, 2.75) is 61.8 Å². The minimum atomic E-state index is -0.933. The fourth-order valence-corrected chi connectivity index (χ4v) is 9.25. The van der Waals surface area contributed by atoms with Gasteiger partial charge in [0, 0.05) is 43.0 Å². The molecule has 1 N–H and O–H groups in total. The highest BCUT2D eigenvalue weighted by molar-refractivity contribution is 5.90. The van der Waals surface area contributed by atoms with E-state index >= 15 is 0 Å². The van der Waals surface area contributed by atoms with Crippen molar-refractivity contribution in [1.29, 1.82) is 0 Å². The molecule has 1 fully saturated rings. The van der Waals surface area contributed by atoms with Gasteiger partial charge in [-0.1, -0.05) is 66.7 Å². The molecule has 4 atom stereocenters. The first-order valence-electron chi connectivity index (χ1n) is 14.8. The summed E-state index contributed by atoms with van der Waals surface area (Å²) >= 11 is 0. The van der Waals surface area contributed by atoms with Crippen LogP contribution in [0.4, 0.5) is 0 Å². The molecule has 2 aliphatic carbocycles. The molecule has 0 radical (unpaired) electrons. The van der Waals surface area contributed by atoms with E-state index < -0.39 is 11.0 Å². The number of ether oxygens (including phenoxy) is 2. The molecular formula is C35H34N2O3. The van der Waals surface area contributed by atoms with Gasteiger partial charge in [-0.3, -0.25) is 4.90 Å². The van der Waals surface area contributed by atoms with Crippen molar-refractivity contribution in [1.82, 2.24) is 9.47 Å². The van der Waals surface area contributed by atoms with E-state index in [9.17, 15) is 5.11 Å². The Labute approximate surface area is 234 Å². The van der Waals surface area contributed by atoms with Gasteiger partial charge in [0.05, 0.1) is 29.3 Å². The van der Waals surface area contributed by atoms with Crippen LogP contribution in [0.2, 0.25) is 0 Å². The highest BCUT2D eigenvalue weighted by atomic mass is 16.5. The van der Waals surface area contributed by atoms with Crippen molar-refractivity contribution in [2.24, 2.45) is 0 Å². The van der Waals surface area contributed by atoms with E-state index in [1.165, 1.54) is 44.4 Å². The average molecular weight is 531 g/mol. The maximum absolute atomic E-state index is 13.2. The van der Waals surface area contributed by atoms with Crippen LogP contribution < -0.4 is 9.47 Å². The number of benzene rings is 3. The quantitative estimate of drug-likeness (QED) is 0.373. The van der Waals surface area contributed by atoms with Crippen LogP contribution in [-0.4, -0.2) is 46.4 Å². The van der Waals surface area contributed by atoms with Crippen molar-refractivity contribution >= 4 is 17.0 Å². The van der Waals surface area contributed by atoms with Crippen LogP contribution >= 0.6 is 0 Å². The van der Waals surface area contributed by atoms with Crippen molar-refractivity contribution in [3.63, 3.8) is 0 Å². The van der Waals surface area contributed by atoms with E-state index in [0.29, 0.717) is 6.42 Å². The molecule has 2 bridgehead atoms. The summed E-state index contributed by atoms with van der Waals surface area (Å²) < 4.78 is 15.5. The van der Waals surface area contributed by atoms with Crippen molar-refractivity contribution in [3.8, 4) is 11.5 Å². The molecule has 5 heteroatoms. The van der Waals surface area contributed by atoms with E-state index in [0.717, 1.165) is 56.8 Å². The smallest absolute Gasteiger partial charge is 0.166 e. The Morgan fingerprint density at radius 2 is 1.95 bits per heavy atom. The zero-order chi connectivity index (χ0) is 26.6. The first kappa shape index (κ1) is 23.2. The van der Waals surface area contributed by atoms with Gasteiger partial charge in [0.2, 0.25) is 0 Å². The third-order valence-electron chi connectivity index (χ3n) is 10.8. The number of nitrogens with zero attached hydrogens (tertiary/aromatic N) is 2. The first-order chi connectivity index (χ1) is 19.6. The molecule has 1 aromatic heterocycles. The molecule has 0 saturated carbocycles. The predicted octanol–water partition coefficient (Wildman–Crippen LogP) is 5.60. The van der Waals surface area contributed by atoms with E-state index in [-0.39, 0.29) is 12.1 Å². The largest absolute Gasteiger partial charge is 0.493 e. The highest BCUT2D eigenvalue weighted by Gasteiger charge is 2.73. The molecule has 3 aromatic carbocycles. The van der Waals surface area contributed by atoms with Gasteiger partial charge < -0.3 is 19.1 Å². The van der Waals surface area contributed by atoms with Crippen molar-refractivity contribution < 1.29 is 14.6 Å². The Kier molecular flexibility index (Phi) is 4.65. The van der Waals surface area contributed by atoms with Crippen molar-refractivity contribution in [2.75, 3.05) is 20.2 Å². The number of aromatic nitrogens is 1. The fourth-order valence-electron chi connectivity index (χ4n) is 9.25. The number of rotatable bonds is 4. The molecule has 1 spiro atoms. The van der Waals surface area contributed by atoms with Gasteiger partial charge in [0.1, 0.15) is 0 Å². The summed E-state index contributed by atoms with van der Waals surface area (Å²) in [6.45, 7) is 2.76. The summed E-state index contributed by atoms with van der Waals surface area (Å²) in [5, 5.41) is 14.5. The van der Waals surface area contributed by atoms with E-state index in [4.69, 9.17) is 9.47 Å². The van der Waals surface area contributed by atoms with Crippen molar-refractivity contribution in [3.05, 3.63) is 100 Å². The number of aryl methyl sites for hydroxylation is 2. The lowest BCUT2D eigenvalue weighted by Crippen LogP contribution is -2.74. The SMILES string of the molecule is COc1ccc2c3c1O[C@H]1c4c(c5cccc6c5n4CCC6)C[C@@]4(O)[C@@H](C2)N(C/C=C/c2ccccc2)CC[C@]314. The van der Waals surface area contributed by atoms with Gasteiger partial charge in [0.25, 0.3) is 0 Å². The van der Waals surface area contributed by atoms with E-state index in [1.54, 1.807) is 7.11 Å². The van der Waals surface area contributed by atoms with Crippen LogP contribution in [0.15, 0.2) is 66.7 Å². The normalized spacial score (nSPS) is 29.4. The van der Waals surface area contributed by atoms with Crippen LogP contribution in [0.3, 0.4) is 0 Å². The summed E-state index contributed by atoms with van der Waals surface area (Å²) in [4.78, 5) is 2.53. The number of likely N-dealkylation sites (tertiary alicyclic amines) is 1. The zero-order valence-corrected chi connectivity index (χ0v) is 22.9. The molecule has 0 amide bonds. The lowest BCUT2D eigenvalue weighted by molar-refractivity contribution is -0.171. The second-order valence-electron chi connectivity index (χ2n) is 12.4. The molecule has 4 heterocycles. The van der Waals surface area contributed by atoms with E-state index in [1.807, 2.05) is 0 Å². The number of hydrogen-bond acceptors (Lipinski definition) is 4. The van der Waals surface area contributed by atoms with Gasteiger partial charge in [-0.25, -0.2) is 0 Å². The monoisotopic (exact) mass is 530 g/mol. The lowest BCUT2D eigenvalue weighted by atomic mass is 9.49. The lowest BCUT2D eigenvalue weighted by Gasteiger charge is -2.62. The Bertz CT molecular complexity index is 1720. The molecule has 4 aromatic rings. The number of aliphatic hydroxyl groups is 1. The van der Waals surface area contributed by atoms with Crippen LogP contribution in [0.25, 0.3) is 17.0 Å². The molecule has 0 unspecified atom stereocenters.